The fraction of sp³-hybridized carbons (Fsp3) is 0.889. The maximum absolute atomic E-state index is 11.6. The van der Waals surface area contributed by atoms with Crippen molar-refractivity contribution in [2.24, 2.45) is 0 Å². The van der Waals surface area contributed by atoms with E-state index in [0.29, 0.717) is 19.4 Å². The Morgan fingerprint density at radius 1 is 1.38 bits per heavy atom. The fourth-order valence-corrected chi connectivity index (χ4v) is 0.751. The van der Waals surface area contributed by atoms with E-state index in [-0.39, 0.29) is 12.5 Å². The highest BCUT2D eigenvalue weighted by Crippen LogP contribution is 2.20. The standard InChI is InChI=1S/C9H16F3O/c1-3-8(2)13-7-5-4-6-9(10,11)12/h6,8H,3-5,7H2,1-2H3. The summed E-state index contributed by atoms with van der Waals surface area (Å²) in [7, 11) is 0. The fourth-order valence-electron chi connectivity index (χ4n) is 0.751. The highest BCUT2D eigenvalue weighted by molar-refractivity contribution is 4.73. The van der Waals surface area contributed by atoms with Crippen molar-refractivity contribution < 1.29 is 17.9 Å². The van der Waals surface area contributed by atoms with Gasteiger partial charge >= 0.3 is 6.18 Å². The van der Waals surface area contributed by atoms with Gasteiger partial charge in [0.15, 0.2) is 0 Å². The quantitative estimate of drug-likeness (QED) is 0.593. The van der Waals surface area contributed by atoms with Gasteiger partial charge in [0.1, 0.15) is 0 Å². The van der Waals surface area contributed by atoms with Crippen molar-refractivity contribution in [3.05, 3.63) is 6.42 Å². The van der Waals surface area contributed by atoms with Crippen molar-refractivity contribution in [3.8, 4) is 0 Å². The molecule has 79 valence electrons. The Morgan fingerprint density at radius 2 is 2.00 bits per heavy atom. The first-order chi connectivity index (χ1) is 5.95. The predicted molar refractivity (Wildman–Crippen MR) is 45.3 cm³/mol. The predicted octanol–water partition coefficient (Wildman–Crippen LogP) is 3.35. The van der Waals surface area contributed by atoms with E-state index in [2.05, 4.69) is 0 Å². The Balaban J connectivity index is 3.18. The minimum absolute atomic E-state index is 0.0416. The summed E-state index contributed by atoms with van der Waals surface area (Å²) < 4.78 is 40.1. The van der Waals surface area contributed by atoms with E-state index in [1.54, 1.807) is 0 Å². The number of halogens is 3. The lowest BCUT2D eigenvalue weighted by Gasteiger charge is -2.10. The highest BCUT2D eigenvalue weighted by atomic mass is 19.4. The second-order valence-corrected chi connectivity index (χ2v) is 2.98. The molecule has 0 heterocycles. The van der Waals surface area contributed by atoms with E-state index in [1.807, 2.05) is 13.8 Å². The summed E-state index contributed by atoms with van der Waals surface area (Å²) in [5.41, 5.74) is 0. The van der Waals surface area contributed by atoms with Crippen LogP contribution in [0.1, 0.15) is 33.1 Å². The minimum Gasteiger partial charge on any atom is -0.379 e. The molecule has 0 amide bonds. The zero-order valence-corrected chi connectivity index (χ0v) is 8.03. The monoisotopic (exact) mass is 197 g/mol. The summed E-state index contributed by atoms with van der Waals surface area (Å²) in [6.07, 6.45) is -2.26. The number of ether oxygens (including phenoxy) is 1. The van der Waals surface area contributed by atoms with Crippen molar-refractivity contribution in [1.29, 1.82) is 0 Å². The summed E-state index contributed by atoms with van der Waals surface area (Å²) in [6, 6.07) is 0. The summed E-state index contributed by atoms with van der Waals surface area (Å²) in [5, 5.41) is 0. The molecule has 0 aromatic heterocycles. The third kappa shape index (κ3) is 9.67. The van der Waals surface area contributed by atoms with Crippen LogP contribution in [0.3, 0.4) is 0 Å². The molecular formula is C9H16F3O. The Hall–Kier alpha value is -0.250. The number of alkyl halides is 3. The van der Waals surface area contributed by atoms with E-state index in [4.69, 9.17) is 4.74 Å². The third-order valence-corrected chi connectivity index (χ3v) is 1.70. The molecule has 0 aliphatic carbocycles. The van der Waals surface area contributed by atoms with Gasteiger partial charge in [-0.25, -0.2) is 0 Å². The molecule has 0 aromatic carbocycles. The van der Waals surface area contributed by atoms with Crippen LogP contribution in [0.25, 0.3) is 0 Å². The molecule has 0 rings (SSSR count). The molecule has 1 nitrogen and oxygen atoms in total. The molecule has 0 saturated carbocycles. The molecule has 0 aliphatic heterocycles. The molecule has 0 saturated heterocycles. The molecule has 0 aromatic rings. The largest absolute Gasteiger partial charge is 0.392 e. The normalized spacial score (nSPS) is 14.5. The molecular weight excluding hydrogens is 181 g/mol. The van der Waals surface area contributed by atoms with Gasteiger partial charge < -0.3 is 4.74 Å². The van der Waals surface area contributed by atoms with Crippen molar-refractivity contribution in [3.63, 3.8) is 0 Å². The number of rotatable bonds is 6. The lowest BCUT2D eigenvalue weighted by molar-refractivity contribution is -0.0989. The van der Waals surface area contributed by atoms with E-state index in [9.17, 15) is 13.2 Å². The Morgan fingerprint density at radius 3 is 2.46 bits per heavy atom. The molecule has 1 radical (unpaired) electrons. The van der Waals surface area contributed by atoms with Gasteiger partial charge in [0, 0.05) is 6.61 Å². The average molecular weight is 197 g/mol. The molecule has 0 spiro atoms. The smallest absolute Gasteiger partial charge is 0.379 e. The summed E-state index contributed by atoms with van der Waals surface area (Å²) >= 11 is 0. The number of unbranched alkanes of at least 4 members (excludes halogenated alkanes) is 1. The molecule has 0 fully saturated rings. The maximum atomic E-state index is 11.6. The Kier molecular flexibility index (Phi) is 6.12. The van der Waals surface area contributed by atoms with Crippen LogP contribution >= 0.6 is 0 Å². The van der Waals surface area contributed by atoms with Gasteiger partial charge in [-0.2, -0.15) is 13.2 Å². The molecule has 1 atom stereocenters. The first-order valence-electron chi connectivity index (χ1n) is 4.48. The topological polar surface area (TPSA) is 9.23 Å². The van der Waals surface area contributed by atoms with Crippen LogP contribution in [0, 0.1) is 6.42 Å². The molecule has 0 bridgehead atoms. The number of hydrogen-bond donors (Lipinski definition) is 0. The van der Waals surface area contributed by atoms with E-state index < -0.39 is 6.18 Å². The van der Waals surface area contributed by atoms with Crippen LogP contribution < -0.4 is 0 Å². The molecule has 13 heavy (non-hydrogen) atoms. The molecule has 1 unspecified atom stereocenters. The number of hydrogen-bond acceptors (Lipinski definition) is 1. The molecule has 0 N–H and O–H groups in total. The van der Waals surface area contributed by atoms with Gasteiger partial charge in [0.2, 0.25) is 0 Å². The van der Waals surface area contributed by atoms with Crippen LogP contribution in [-0.4, -0.2) is 18.9 Å². The lowest BCUT2D eigenvalue weighted by Crippen LogP contribution is -2.10. The Labute approximate surface area is 77.3 Å². The van der Waals surface area contributed by atoms with Crippen LogP contribution in [0.2, 0.25) is 0 Å². The van der Waals surface area contributed by atoms with Gasteiger partial charge in [-0.1, -0.05) is 6.92 Å². The SMILES string of the molecule is CCC(C)OCCC[CH]C(F)(F)F. The highest BCUT2D eigenvalue weighted by Gasteiger charge is 2.26. The molecule has 0 aliphatic rings. The first kappa shape index (κ1) is 12.8. The third-order valence-electron chi connectivity index (χ3n) is 1.70. The van der Waals surface area contributed by atoms with Gasteiger partial charge in [0.25, 0.3) is 0 Å². The van der Waals surface area contributed by atoms with Gasteiger partial charge in [0.05, 0.1) is 12.5 Å². The first-order valence-corrected chi connectivity index (χ1v) is 4.48. The van der Waals surface area contributed by atoms with Crippen molar-refractivity contribution >= 4 is 0 Å². The van der Waals surface area contributed by atoms with Crippen molar-refractivity contribution in [2.75, 3.05) is 6.61 Å². The van der Waals surface area contributed by atoms with Crippen molar-refractivity contribution in [1.82, 2.24) is 0 Å². The van der Waals surface area contributed by atoms with Gasteiger partial charge in [-0.15, -0.1) is 0 Å². The zero-order valence-electron chi connectivity index (χ0n) is 8.03. The van der Waals surface area contributed by atoms with Crippen LogP contribution in [-0.2, 0) is 4.74 Å². The minimum atomic E-state index is -4.14. The summed E-state index contributed by atoms with van der Waals surface area (Å²) in [5.74, 6) is 0. The van der Waals surface area contributed by atoms with E-state index in [1.165, 1.54) is 0 Å². The van der Waals surface area contributed by atoms with Gasteiger partial charge in [-0.05, 0) is 26.2 Å². The Bertz CT molecular complexity index is 123. The summed E-state index contributed by atoms with van der Waals surface area (Å²) in [4.78, 5) is 0. The molecule has 4 heteroatoms. The van der Waals surface area contributed by atoms with Crippen LogP contribution in [0.15, 0.2) is 0 Å². The van der Waals surface area contributed by atoms with E-state index in [0.717, 1.165) is 6.42 Å². The lowest BCUT2D eigenvalue weighted by atomic mass is 10.2. The van der Waals surface area contributed by atoms with Crippen LogP contribution in [0.4, 0.5) is 13.2 Å². The van der Waals surface area contributed by atoms with Gasteiger partial charge in [-0.3, -0.25) is 0 Å². The second-order valence-electron chi connectivity index (χ2n) is 2.98. The zero-order chi connectivity index (χ0) is 10.3. The van der Waals surface area contributed by atoms with E-state index >= 15 is 0 Å². The second kappa shape index (κ2) is 6.24. The maximum Gasteiger partial charge on any atom is 0.392 e. The van der Waals surface area contributed by atoms with Crippen molar-refractivity contribution in [2.45, 2.75) is 45.4 Å². The summed E-state index contributed by atoms with van der Waals surface area (Å²) in [6.45, 7) is 4.29. The van der Waals surface area contributed by atoms with Crippen LogP contribution in [0.5, 0.6) is 0 Å². The average Bonchev–Trinajstić information content (AvgIpc) is 2.01.